The van der Waals surface area contributed by atoms with E-state index in [1.807, 2.05) is 0 Å². The summed E-state index contributed by atoms with van der Waals surface area (Å²) in [5, 5.41) is 0. The molecule has 0 amide bonds. The van der Waals surface area contributed by atoms with E-state index in [2.05, 4.69) is 67.8 Å². The van der Waals surface area contributed by atoms with E-state index >= 15 is 0 Å². The van der Waals surface area contributed by atoms with Gasteiger partial charge in [-0.2, -0.15) is 0 Å². The van der Waals surface area contributed by atoms with Gasteiger partial charge in [0.1, 0.15) is 0 Å². The predicted octanol–water partition coefficient (Wildman–Crippen LogP) is 6.58. The quantitative estimate of drug-likeness (QED) is 0.139. The number of esters is 1. The van der Waals surface area contributed by atoms with Gasteiger partial charge in [-0.05, 0) is 45.3 Å². The van der Waals surface area contributed by atoms with Gasteiger partial charge in [0.05, 0.1) is 7.11 Å². The van der Waals surface area contributed by atoms with Crippen LogP contribution >= 0.6 is 0 Å². The summed E-state index contributed by atoms with van der Waals surface area (Å²) in [6.45, 7) is 8.90. The van der Waals surface area contributed by atoms with Crippen LogP contribution in [-0.4, -0.2) is 27.5 Å². The van der Waals surface area contributed by atoms with Crippen molar-refractivity contribution >= 4 is 14.3 Å². The van der Waals surface area contributed by atoms with Crippen LogP contribution in [0.2, 0.25) is 19.6 Å². The van der Waals surface area contributed by atoms with Crippen LogP contribution in [0.25, 0.3) is 0 Å². The minimum Gasteiger partial charge on any atom is -0.469 e. The van der Waals surface area contributed by atoms with Gasteiger partial charge in [0.2, 0.25) is 0 Å². The standard InChI is InChI=1S/C22H40O3Si/c1-6-7-8-9-10-12-15-18-21(25-26(3,4)5)19-16-13-11-14-17-20-22(23)24-2/h7-10,12,15,21H,6,11,13-14,16-20H2,1-5H3/b8-7+,10-9+,15-12+. The molecule has 4 heteroatoms. The lowest BCUT2D eigenvalue weighted by molar-refractivity contribution is -0.140. The smallest absolute Gasteiger partial charge is 0.305 e. The van der Waals surface area contributed by atoms with Crippen molar-refractivity contribution in [2.24, 2.45) is 0 Å². The third-order valence-corrected chi connectivity index (χ3v) is 4.94. The molecule has 0 aromatic rings. The highest BCUT2D eigenvalue weighted by molar-refractivity contribution is 6.69. The van der Waals surface area contributed by atoms with Crippen LogP contribution in [0.15, 0.2) is 36.5 Å². The Labute approximate surface area is 162 Å². The molecule has 0 saturated carbocycles. The Morgan fingerprint density at radius 1 is 0.923 bits per heavy atom. The minimum absolute atomic E-state index is 0.0976. The molecule has 0 aromatic heterocycles. The average Bonchev–Trinajstić information content (AvgIpc) is 2.58. The maximum atomic E-state index is 11.1. The molecule has 0 radical (unpaired) electrons. The molecular formula is C22H40O3Si. The SMILES string of the molecule is CC/C=C/C=C/C=C/CC(CCCCCCCC(=O)OC)O[Si](C)(C)C. The van der Waals surface area contributed by atoms with Crippen LogP contribution in [0, 0.1) is 0 Å². The highest BCUT2D eigenvalue weighted by Gasteiger charge is 2.19. The maximum Gasteiger partial charge on any atom is 0.305 e. The van der Waals surface area contributed by atoms with Crippen LogP contribution in [0.5, 0.6) is 0 Å². The summed E-state index contributed by atoms with van der Waals surface area (Å²) in [5.41, 5.74) is 0. The van der Waals surface area contributed by atoms with E-state index in [0.717, 1.165) is 32.1 Å². The summed E-state index contributed by atoms with van der Waals surface area (Å²) in [7, 11) is -0.0673. The summed E-state index contributed by atoms with van der Waals surface area (Å²) in [5.74, 6) is -0.0976. The molecule has 0 aliphatic heterocycles. The monoisotopic (exact) mass is 380 g/mol. The van der Waals surface area contributed by atoms with Gasteiger partial charge >= 0.3 is 5.97 Å². The number of carbonyl (C=O) groups is 1. The Hall–Kier alpha value is -1.13. The molecule has 0 aliphatic carbocycles. The molecule has 0 rings (SSSR count). The second-order valence-electron chi connectivity index (χ2n) is 7.62. The summed E-state index contributed by atoms with van der Waals surface area (Å²) < 4.78 is 11.0. The Morgan fingerprint density at radius 2 is 1.54 bits per heavy atom. The van der Waals surface area contributed by atoms with E-state index in [9.17, 15) is 4.79 Å². The fraction of sp³-hybridized carbons (Fsp3) is 0.682. The molecule has 26 heavy (non-hydrogen) atoms. The number of hydrogen-bond acceptors (Lipinski definition) is 3. The molecule has 1 atom stereocenters. The Balaban J connectivity index is 4.07. The van der Waals surface area contributed by atoms with E-state index in [0.29, 0.717) is 12.5 Å². The molecule has 0 aliphatic rings. The number of rotatable bonds is 15. The molecule has 150 valence electrons. The van der Waals surface area contributed by atoms with Crippen molar-refractivity contribution in [1.82, 2.24) is 0 Å². The van der Waals surface area contributed by atoms with Gasteiger partial charge in [-0.25, -0.2) is 0 Å². The largest absolute Gasteiger partial charge is 0.469 e. The normalized spacial score (nSPS) is 13.9. The third-order valence-electron chi connectivity index (χ3n) is 3.90. The van der Waals surface area contributed by atoms with Crippen LogP contribution in [0.1, 0.15) is 64.7 Å². The van der Waals surface area contributed by atoms with Gasteiger partial charge in [-0.1, -0.05) is 69.1 Å². The number of unbranched alkanes of at least 4 members (excludes halogenated alkanes) is 4. The molecule has 0 bridgehead atoms. The number of allylic oxidation sites excluding steroid dienone is 5. The lowest BCUT2D eigenvalue weighted by Crippen LogP contribution is -2.31. The number of hydrogen-bond donors (Lipinski definition) is 0. The molecule has 0 heterocycles. The van der Waals surface area contributed by atoms with E-state index < -0.39 is 8.32 Å². The van der Waals surface area contributed by atoms with Crippen molar-refractivity contribution in [1.29, 1.82) is 0 Å². The Kier molecular flexibility index (Phi) is 15.4. The van der Waals surface area contributed by atoms with Crippen molar-refractivity contribution in [3.8, 4) is 0 Å². The fourth-order valence-electron chi connectivity index (χ4n) is 2.65. The number of methoxy groups -OCH3 is 1. The molecular weight excluding hydrogens is 340 g/mol. The van der Waals surface area contributed by atoms with Gasteiger partial charge < -0.3 is 9.16 Å². The fourth-order valence-corrected chi connectivity index (χ4v) is 3.86. The van der Waals surface area contributed by atoms with Gasteiger partial charge in [0.15, 0.2) is 8.32 Å². The van der Waals surface area contributed by atoms with E-state index in [1.54, 1.807) is 0 Å². The van der Waals surface area contributed by atoms with Gasteiger partial charge in [-0.15, -0.1) is 0 Å². The first kappa shape index (κ1) is 24.9. The summed E-state index contributed by atoms with van der Waals surface area (Å²) in [6, 6.07) is 0. The first-order valence-electron chi connectivity index (χ1n) is 10.1. The van der Waals surface area contributed by atoms with Crippen LogP contribution in [-0.2, 0) is 14.0 Å². The Morgan fingerprint density at radius 3 is 2.15 bits per heavy atom. The second-order valence-corrected chi connectivity index (χ2v) is 12.1. The molecule has 3 nitrogen and oxygen atoms in total. The zero-order chi connectivity index (χ0) is 19.7. The van der Waals surface area contributed by atoms with Gasteiger partial charge in [0, 0.05) is 12.5 Å². The van der Waals surface area contributed by atoms with E-state index in [4.69, 9.17) is 4.43 Å². The van der Waals surface area contributed by atoms with Crippen molar-refractivity contribution < 1.29 is 14.0 Å². The van der Waals surface area contributed by atoms with Crippen molar-refractivity contribution in [3.05, 3.63) is 36.5 Å². The summed E-state index contributed by atoms with van der Waals surface area (Å²) >= 11 is 0. The lowest BCUT2D eigenvalue weighted by Gasteiger charge is -2.25. The topological polar surface area (TPSA) is 35.5 Å². The lowest BCUT2D eigenvalue weighted by atomic mass is 10.1. The molecule has 0 saturated heterocycles. The van der Waals surface area contributed by atoms with Crippen LogP contribution in [0.4, 0.5) is 0 Å². The van der Waals surface area contributed by atoms with Crippen molar-refractivity contribution in [3.63, 3.8) is 0 Å². The second kappa shape index (κ2) is 16.1. The third kappa shape index (κ3) is 17.7. The molecule has 0 spiro atoms. The summed E-state index contributed by atoms with van der Waals surface area (Å²) in [4.78, 5) is 11.1. The minimum atomic E-state index is -1.52. The molecule has 1 unspecified atom stereocenters. The number of ether oxygens (including phenoxy) is 1. The molecule has 0 aromatic carbocycles. The highest BCUT2D eigenvalue weighted by Crippen LogP contribution is 2.18. The van der Waals surface area contributed by atoms with E-state index in [1.165, 1.54) is 26.4 Å². The van der Waals surface area contributed by atoms with Crippen LogP contribution < -0.4 is 0 Å². The first-order chi connectivity index (χ1) is 12.4. The number of carbonyl (C=O) groups excluding carboxylic acids is 1. The van der Waals surface area contributed by atoms with Crippen LogP contribution in [0.3, 0.4) is 0 Å². The highest BCUT2D eigenvalue weighted by atomic mass is 28.4. The van der Waals surface area contributed by atoms with Crippen molar-refractivity contribution in [2.45, 2.75) is 90.5 Å². The molecule has 0 N–H and O–H groups in total. The maximum absolute atomic E-state index is 11.1. The summed E-state index contributed by atoms with van der Waals surface area (Å²) in [6.07, 6.45) is 22.4. The van der Waals surface area contributed by atoms with Crippen molar-refractivity contribution in [2.75, 3.05) is 7.11 Å². The van der Waals surface area contributed by atoms with Gasteiger partial charge in [-0.3, -0.25) is 4.79 Å². The Bertz CT molecular complexity index is 433. The molecule has 0 fully saturated rings. The average molecular weight is 381 g/mol. The zero-order valence-corrected chi connectivity index (χ0v) is 18.6. The zero-order valence-electron chi connectivity index (χ0n) is 17.6. The van der Waals surface area contributed by atoms with E-state index in [-0.39, 0.29) is 5.97 Å². The van der Waals surface area contributed by atoms with Gasteiger partial charge in [0.25, 0.3) is 0 Å². The predicted molar refractivity (Wildman–Crippen MR) is 115 cm³/mol. The first-order valence-corrected chi connectivity index (χ1v) is 13.5.